The molecule has 0 fully saturated rings. The summed E-state index contributed by atoms with van der Waals surface area (Å²) >= 11 is 0. The number of amides is 1. The highest BCUT2D eigenvalue weighted by molar-refractivity contribution is 6.00. The Morgan fingerprint density at radius 2 is 1.94 bits per heavy atom. The Morgan fingerprint density at radius 1 is 1.09 bits per heavy atom. The number of likely N-dealkylation sites (N-methyl/N-ethyl adjacent to an activating group) is 1. The van der Waals surface area contributed by atoms with Gasteiger partial charge in [0.2, 0.25) is 0 Å². The fourth-order valence-electron chi connectivity index (χ4n) is 5.05. The summed E-state index contributed by atoms with van der Waals surface area (Å²) in [6.07, 6.45) is 1.31. The van der Waals surface area contributed by atoms with Crippen molar-refractivity contribution in [3.8, 4) is 23.0 Å². The molecule has 1 N–H and O–H groups in total. The van der Waals surface area contributed by atoms with E-state index in [9.17, 15) is 10.1 Å². The molecular formula is C27H21F2N5O. The third-order valence-corrected chi connectivity index (χ3v) is 6.96. The van der Waals surface area contributed by atoms with Crippen molar-refractivity contribution in [3.63, 3.8) is 0 Å². The predicted octanol–water partition coefficient (Wildman–Crippen LogP) is 4.12. The van der Waals surface area contributed by atoms with Gasteiger partial charge in [-0.05, 0) is 60.8 Å². The molecule has 0 saturated heterocycles. The average molecular weight is 469 g/mol. The largest absolute Gasteiger partial charge is 0.341 e. The van der Waals surface area contributed by atoms with Crippen LogP contribution in [-0.2, 0) is 19.4 Å². The maximum absolute atomic E-state index is 15.7. The molecule has 0 saturated carbocycles. The summed E-state index contributed by atoms with van der Waals surface area (Å²) in [7, 11) is 1.77. The molecule has 1 amide bonds. The van der Waals surface area contributed by atoms with Crippen LogP contribution in [0.15, 0.2) is 42.5 Å². The van der Waals surface area contributed by atoms with Gasteiger partial charge in [0.1, 0.15) is 11.4 Å². The normalized spacial score (nSPS) is 15.1. The summed E-state index contributed by atoms with van der Waals surface area (Å²) in [5, 5.41) is 17.9. The number of rotatable bonds is 2. The van der Waals surface area contributed by atoms with Gasteiger partial charge in [0, 0.05) is 42.2 Å². The van der Waals surface area contributed by atoms with Crippen LogP contribution in [-0.4, -0.2) is 40.7 Å². The molecule has 0 radical (unpaired) electrons. The number of nitrogens with one attached hydrogen (secondary N) is 1. The number of nitrogens with zero attached hydrogens (tertiary/aromatic N) is 4. The Bertz CT molecular complexity index is 1580. The quantitative estimate of drug-likeness (QED) is 0.480. The Morgan fingerprint density at radius 3 is 2.77 bits per heavy atom. The van der Waals surface area contributed by atoms with Crippen LogP contribution in [0.1, 0.15) is 32.6 Å². The monoisotopic (exact) mass is 469 g/mol. The fraction of sp³-hybridized carbons (Fsp3) is 0.222. The molecule has 0 atom stereocenters. The molecule has 0 bridgehead atoms. The summed E-state index contributed by atoms with van der Waals surface area (Å²) in [6, 6.07) is 14.0. The van der Waals surface area contributed by atoms with Crippen molar-refractivity contribution in [2.45, 2.75) is 19.4 Å². The lowest BCUT2D eigenvalue weighted by atomic mass is 9.95. The first-order valence-electron chi connectivity index (χ1n) is 11.5. The second-order valence-electron chi connectivity index (χ2n) is 9.04. The standard InChI is InChI=1S/C27H21F2N5O/c1-33-9-7-16-3-4-18(11-20(16)27(33)35)25-19-5-2-15(13-30)10-23(19)34(32-25)26-22(28)12-17-6-8-31-14-21(17)24(26)29/h2-5,10-12,31H,6-9,14H2,1H3. The fourth-order valence-corrected chi connectivity index (χ4v) is 5.05. The molecule has 6 nitrogen and oxygen atoms in total. The first-order chi connectivity index (χ1) is 17.0. The van der Waals surface area contributed by atoms with Crippen LogP contribution in [0.5, 0.6) is 0 Å². The minimum absolute atomic E-state index is 0.0668. The summed E-state index contributed by atoms with van der Waals surface area (Å²) in [6.45, 7) is 1.63. The zero-order valence-corrected chi connectivity index (χ0v) is 19.0. The Hall–Kier alpha value is -4.09. The topological polar surface area (TPSA) is 74.0 Å². The van der Waals surface area contributed by atoms with E-state index in [1.807, 2.05) is 12.1 Å². The van der Waals surface area contributed by atoms with Gasteiger partial charge in [-0.2, -0.15) is 10.4 Å². The Labute approximate surface area is 200 Å². The van der Waals surface area contributed by atoms with Crippen LogP contribution < -0.4 is 5.32 Å². The molecule has 6 rings (SSSR count). The van der Waals surface area contributed by atoms with E-state index in [0.717, 1.165) is 12.0 Å². The molecule has 2 aliphatic heterocycles. The molecule has 174 valence electrons. The van der Waals surface area contributed by atoms with E-state index in [2.05, 4.69) is 16.5 Å². The summed E-state index contributed by atoms with van der Waals surface area (Å²) in [5.74, 6) is -1.43. The molecule has 35 heavy (non-hydrogen) atoms. The lowest BCUT2D eigenvalue weighted by Crippen LogP contribution is -2.34. The number of carbonyl (C=O) groups is 1. The van der Waals surface area contributed by atoms with Crippen molar-refractivity contribution < 1.29 is 13.6 Å². The van der Waals surface area contributed by atoms with Gasteiger partial charge in [-0.3, -0.25) is 4.79 Å². The van der Waals surface area contributed by atoms with Crippen molar-refractivity contribution in [2.24, 2.45) is 0 Å². The number of carbonyl (C=O) groups excluding carboxylic acids is 1. The van der Waals surface area contributed by atoms with E-state index in [0.29, 0.717) is 70.5 Å². The van der Waals surface area contributed by atoms with Crippen LogP contribution >= 0.6 is 0 Å². The average Bonchev–Trinajstić information content (AvgIpc) is 3.24. The number of hydrogen-bond donors (Lipinski definition) is 1. The summed E-state index contributed by atoms with van der Waals surface area (Å²) < 4.78 is 32.3. The third-order valence-electron chi connectivity index (χ3n) is 6.96. The van der Waals surface area contributed by atoms with Crippen LogP contribution in [0.3, 0.4) is 0 Å². The second-order valence-corrected chi connectivity index (χ2v) is 9.04. The zero-order chi connectivity index (χ0) is 24.3. The second kappa shape index (κ2) is 8.00. The molecule has 3 aromatic carbocycles. The van der Waals surface area contributed by atoms with E-state index < -0.39 is 11.6 Å². The van der Waals surface area contributed by atoms with Gasteiger partial charge in [0.25, 0.3) is 5.91 Å². The van der Waals surface area contributed by atoms with Crippen LogP contribution in [0, 0.1) is 23.0 Å². The minimum Gasteiger partial charge on any atom is -0.341 e. The smallest absolute Gasteiger partial charge is 0.253 e. The highest BCUT2D eigenvalue weighted by atomic mass is 19.1. The zero-order valence-electron chi connectivity index (χ0n) is 19.0. The Kier molecular flexibility index (Phi) is 4.90. The molecule has 0 spiro atoms. The number of hydrogen-bond acceptors (Lipinski definition) is 4. The minimum atomic E-state index is -0.705. The highest BCUT2D eigenvalue weighted by Crippen LogP contribution is 2.35. The van der Waals surface area contributed by atoms with Crippen molar-refractivity contribution in [2.75, 3.05) is 20.1 Å². The van der Waals surface area contributed by atoms with Crippen LogP contribution in [0.2, 0.25) is 0 Å². The van der Waals surface area contributed by atoms with E-state index in [1.165, 1.54) is 10.7 Å². The third kappa shape index (κ3) is 3.31. The van der Waals surface area contributed by atoms with E-state index in [-0.39, 0.29) is 11.6 Å². The molecule has 3 heterocycles. The van der Waals surface area contributed by atoms with E-state index in [1.54, 1.807) is 36.2 Å². The van der Waals surface area contributed by atoms with Crippen molar-refractivity contribution >= 4 is 16.8 Å². The highest BCUT2D eigenvalue weighted by Gasteiger charge is 2.26. The predicted molar refractivity (Wildman–Crippen MR) is 127 cm³/mol. The van der Waals surface area contributed by atoms with Crippen molar-refractivity contribution in [3.05, 3.63) is 81.9 Å². The van der Waals surface area contributed by atoms with Gasteiger partial charge in [-0.1, -0.05) is 12.1 Å². The molecule has 0 unspecified atom stereocenters. The van der Waals surface area contributed by atoms with Gasteiger partial charge in [-0.25, -0.2) is 13.5 Å². The molecule has 0 aliphatic carbocycles. The van der Waals surface area contributed by atoms with Crippen LogP contribution in [0.4, 0.5) is 8.78 Å². The number of benzene rings is 3. The SMILES string of the molecule is CN1CCc2ccc(-c3nn(-c4c(F)cc5c(c4F)CNCC5)c4cc(C#N)ccc34)cc2C1=O. The molecule has 4 aromatic rings. The van der Waals surface area contributed by atoms with Crippen molar-refractivity contribution in [1.29, 1.82) is 5.26 Å². The summed E-state index contributed by atoms with van der Waals surface area (Å²) in [4.78, 5) is 14.4. The lowest BCUT2D eigenvalue weighted by molar-refractivity contribution is 0.0781. The summed E-state index contributed by atoms with van der Waals surface area (Å²) in [5.41, 5.74) is 4.30. The first kappa shape index (κ1) is 21.4. The molecule has 8 heteroatoms. The number of fused-ring (bicyclic) bond motifs is 3. The molecule has 2 aliphatic rings. The molecular weight excluding hydrogens is 448 g/mol. The molecule has 1 aromatic heterocycles. The van der Waals surface area contributed by atoms with E-state index in [4.69, 9.17) is 0 Å². The van der Waals surface area contributed by atoms with Crippen LogP contribution in [0.25, 0.3) is 27.8 Å². The van der Waals surface area contributed by atoms with Gasteiger partial charge < -0.3 is 10.2 Å². The number of aromatic nitrogens is 2. The van der Waals surface area contributed by atoms with Gasteiger partial charge in [-0.15, -0.1) is 0 Å². The number of nitriles is 1. The number of halogens is 2. The van der Waals surface area contributed by atoms with Gasteiger partial charge in [0.15, 0.2) is 11.6 Å². The van der Waals surface area contributed by atoms with Gasteiger partial charge >= 0.3 is 0 Å². The first-order valence-corrected chi connectivity index (χ1v) is 11.5. The van der Waals surface area contributed by atoms with E-state index >= 15 is 8.78 Å². The maximum Gasteiger partial charge on any atom is 0.253 e. The maximum atomic E-state index is 15.7. The Balaban J connectivity index is 1.61. The lowest BCUT2D eigenvalue weighted by Gasteiger charge is -2.25. The van der Waals surface area contributed by atoms with Crippen molar-refractivity contribution in [1.82, 2.24) is 20.0 Å². The van der Waals surface area contributed by atoms with Gasteiger partial charge in [0.05, 0.1) is 17.1 Å².